The van der Waals surface area contributed by atoms with Crippen LogP contribution in [-0.2, 0) is 0 Å². The zero-order valence-electron chi connectivity index (χ0n) is 11.9. The van der Waals surface area contributed by atoms with Crippen molar-refractivity contribution in [1.29, 1.82) is 0 Å². The summed E-state index contributed by atoms with van der Waals surface area (Å²) in [7, 11) is 0. The molecule has 0 aliphatic heterocycles. The summed E-state index contributed by atoms with van der Waals surface area (Å²) in [6, 6.07) is 15.0. The number of carbonyl (C=O) groups is 1. The van der Waals surface area contributed by atoms with Crippen LogP contribution in [0.2, 0.25) is 0 Å². The van der Waals surface area contributed by atoms with E-state index >= 15 is 0 Å². The van der Waals surface area contributed by atoms with Gasteiger partial charge in [-0.1, -0.05) is 41.5 Å². The van der Waals surface area contributed by atoms with Crippen LogP contribution in [0.25, 0.3) is 22.2 Å². The Kier molecular flexibility index (Phi) is 3.18. The predicted octanol–water partition coefficient (Wildman–Crippen LogP) is 2.88. The summed E-state index contributed by atoms with van der Waals surface area (Å²) in [6.07, 6.45) is 0. The third-order valence-electron chi connectivity index (χ3n) is 3.53. The van der Waals surface area contributed by atoms with E-state index in [0.29, 0.717) is 16.6 Å². The van der Waals surface area contributed by atoms with Gasteiger partial charge in [-0.25, -0.2) is 4.98 Å². The lowest BCUT2D eigenvalue weighted by Gasteiger charge is -2.11. The minimum absolute atomic E-state index is 0.180. The topological polar surface area (TPSA) is 53.0 Å². The van der Waals surface area contributed by atoms with E-state index in [2.05, 4.69) is 4.98 Å². The average Bonchev–Trinajstić information content (AvgIpc) is 2.46. The van der Waals surface area contributed by atoms with Gasteiger partial charge < -0.3 is 9.90 Å². The summed E-state index contributed by atoms with van der Waals surface area (Å²) in [6.45, 7) is 3.93. The van der Waals surface area contributed by atoms with Crippen molar-refractivity contribution >= 4 is 16.9 Å². The van der Waals surface area contributed by atoms with E-state index in [1.165, 1.54) is 0 Å². The number of aryl methyl sites for hydroxylation is 2. The standard InChI is InChI=1S/C18H15NO2/c1-11-3-6-13(7-4-11)17-10-15(18(20)21)14-9-12(2)5-8-16(14)19-17/h3-10H,1-2H3,(H,20,21)/p-1. The Labute approximate surface area is 122 Å². The number of rotatable bonds is 2. The lowest BCUT2D eigenvalue weighted by molar-refractivity contribution is -0.254. The Morgan fingerprint density at radius 2 is 1.62 bits per heavy atom. The molecule has 0 fully saturated rings. The molecule has 0 N–H and O–H groups in total. The second-order valence-electron chi connectivity index (χ2n) is 5.23. The molecule has 1 heterocycles. The number of aromatic nitrogens is 1. The van der Waals surface area contributed by atoms with E-state index in [1.54, 1.807) is 6.07 Å². The van der Waals surface area contributed by atoms with E-state index < -0.39 is 5.97 Å². The second kappa shape index (κ2) is 5.02. The first-order valence-electron chi connectivity index (χ1n) is 6.74. The number of carboxylic acid groups (broad SMARTS) is 1. The van der Waals surface area contributed by atoms with Gasteiger partial charge in [0.05, 0.1) is 17.2 Å². The molecular formula is C18H14NO2-. The highest BCUT2D eigenvalue weighted by atomic mass is 16.4. The SMILES string of the molecule is Cc1ccc(-c2cc(C(=O)[O-])c3cc(C)ccc3n2)cc1. The van der Waals surface area contributed by atoms with Gasteiger partial charge in [0.1, 0.15) is 0 Å². The Bertz CT molecular complexity index is 836. The summed E-state index contributed by atoms with van der Waals surface area (Å²) in [4.78, 5) is 16.0. The molecule has 0 saturated heterocycles. The molecule has 1 aromatic heterocycles. The highest BCUT2D eigenvalue weighted by Crippen LogP contribution is 2.25. The maximum absolute atomic E-state index is 11.4. The van der Waals surface area contributed by atoms with Crippen LogP contribution >= 0.6 is 0 Å². The van der Waals surface area contributed by atoms with E-state index in [4.69, 9.17) is 0 Å². The zero-order chi connectivity index (χ0) is 15.0. The number of hydrogen-bond donors (Lipinski definition) is 0. The first-order valence-corrected chi connectivity index (χ1v) is 6.74. The quantitative estimate of drug-likeness (QED) is 0.723. The van der Waals surface area contributed by atoms with Crippen LogP contribution in [0, 0.1) is 13.8 Å². The molecule has 3 aromatic rings. The fourth-order valence-corrected chi connectivity index (χ4v) is 2.38. The van der Waals surface area contributed by atoms with Crippen LogP contribution in [0.1, 0.15) is 21.5 Å². The number of nitrogens with zero attached hydrogens (tertiary/aromatic N) is 1. The summed E-state index contributed by atoms with van der Waals surface area (Å²) in [5.41, 5.74) is 4.53. The molecule has 21 heavy (non-hydrogen) atoms. The van der Waals surface area contributed by atoms with Crippen molar-refractivity contribution in [3.05, 3.63) is 65.2 Å². The van der Waals surface area contributed by atoms with Crippen LogP contribution in [0.5, 0.6) is 0 Å². The molecule has 0 aliphatic rings. The molecule has 0 radical (unpaired) electrons. The summed E-state index contributed by atoms with van der Waals surface area (Å²) in [5, 5.41) is 12.0. The first-order chi connectivity index (χ1) is 10.0. The number of carboxylic acids is 1. The molecule has 104 valence electrons. The highest BCUT2D eigenvalue weighted by Gasteiger charge is 2.08. The van der Waals surface area contributed by atoms with Gasteiger partial charge in [-0.15, -0.1) is 0 Å². The van der Waals surface area contributed by atoms with Gasteiger partial charge in [0.15, 0.2) is 0 Å². The van der Waals surface area contributed by atoms with Crippen molar-refractivity contribution in [3.63, 3.8) is 0 Å². The minimum atomic E-state index is -1.18. The summed E-state index contributed by atoms with van der Waals surface area (Å²) in [5.74, 6) is -1.18. The number of pyridine rings is 1. The van der Waals surface area contributed by atoms with Crippen molar-refractivity contribution in [2.45, 2.75) is 13.8 Å². The van der Waals surface area contributed by atoms with Crippen LogP contribution in [0.4, 0.5) is 0 Å². The fraction of sp³-hybridized carbons (Fsp3) is 0.111. The molecule has 0 atom stereocenters. The van der Waals surface area contributed by atoms with Crippen LogP contribution in [-0.4, -0.2) is 11.0 Å². The van der Waals surface area contributed by atoms with E-state index in [0.717, 1.165) is 16.7 Å². The predicted molar refractivity (Wildman–Crippen MR) is 81.0 cm³/mol. The molecule has 3 rings (SSSR count). The van der Waals surface area contributed by atoms with E-state index in [-0.39, 0.29) is 5.56 Å². The number of aromatic carboxylic acids is 1. The highest BCUT2D eigenvalue weighted by molar-refractivity contribution is 6.03. The smallest absolute Gasteiger partial charge is 0.0722 e. The van der Waals surface area contributed by atoms with Crippen molar-refractivity contribution < 1.29 is 9.90 Å². The Morgan fingerprint density at radius 1 is 0.952 bits per heavy atom. The van der Waals surface area contributed by atoms with Gasteiger partial charge in [0.2, 0.25) is 0 Å². The van der Waals surface area contributed by atoms with Gasteiger partial charge in [-0.05, 0) is 32.0 Å². The Hall–Kier alpha value is -2.68. The number of benzene rings is 2. The number of hydrogen-bond acceptors (Lipinski definition) is 3. The van der Waals surface area contributed by atoms with Crippen molar-refractivity contribution in [2.75, 3.05) is 0 Å². The molecule has 0 unspecified atom stereocenters. The number of fused-ring (bicyclic) bond motifs is 1. The second-order valence-corrected chi connectivity index (χ2v) is 5.23. The Morgan fingerprint density at radius 3 is 2.29 bits per heavy atom. The van der Waals surface area contributed by atoms with E-state index in [9.17, 15) is 9.90 Å². The lowest BCUT2D eigenvalue weighted by Crippen LogP contribution is -2.22. The molecular weight excluding hydrogens is 262 g/mol. The van der Waals surface area contributed by atoms with Crippen LogP contribution in [0.3, 0.4) is 0 Å². The largest absolute Gasteiger partial charge is 0.545 e. The lowest BCUT2D eigenvalue weighted by atomic mass is 10.0. The Balaban J connectivity index is 2.28. The minimum Gasteiger partial charge on any atom is -0.545 e. The number of carbonyl (C=O) groups excluding carboxylic acids is 1. The first kappa shape index (κ1) is 13.3. The van der Waals surface area contributed by atoms with Crippen LogP contribution in [0.15, 0.2) is 48.5 Å². The van der Waals surface area contributed by atoms with Crippen molar-refractivity contribution in [1.82, 2.24) is 4.98 Å². The summed E-state index contributed by atoms with van der Waals surface area (Å²) < 4.78 is 0. The monoisotopic (exact) mass is 276 g/mol. The van der Waals surface area contributed by atoms with Gasteiger partial charge in [0, 0.05) is 16.5 Å². The molecule has 0 bridgehead atoms. The molecule has 0 saturated carbocycles. The maximum atomic E-state index is 11.4. The van der Waals surface area contributed by atoms with Gasteiger partial charge >= 0.3 is 0 Å². The maximum Gasteiger partial charge on any atom is 0.0722 e. The molecule has 2 aromatic carbocycles. The average molecular weight is 276 g/mol. The van der Waals surface area contributed by atoms with Crippen molar-refractivity contribution in [3.8, 4) is 11.3 Å². The van der Waals surface area contributed by atoms with Gasteiger partial charge in [-0.3, -0.25) is 0 Å². The normalized spacial score (nSPS) is 10.8. The molecule has 3 heteroatoms. The van der Waals surface area contributed by atoms with E-state index in [1.807, 2.05) is 56.3 Å². The molecule has 3 nitrogen and oxygen atoms in total. The van der Waals surface area contributed by atoms with Crippen molar-refractivity contribution in [2.24, 2.45) is 0 Å². The van der Waals surface area contributed by atoms with Gasteiger partial charge in [-0.2, -0.15) is 0 Å². The van der Waals surface area contributed by atoms with Gasteiger partial charge in [0.25, 0.3) is 0 Å². The molecule has 0 aliphatic carbocycles. The summed E-state index contributed by atoms with van der Waals surface area (Å²) >= 11 is 0. The molecule has 0 spiro atoms. The zero-order valence-corrected chi connectivity index (χ0v) is 11.9. The molecule has 0 amide bonds. The third-order valence-corrected chi connectivity index (χ3v) is 3.53. The fourth-order valence-electron chi connectivity index (χ4n) is 2.38. The van der Waals surface area contributed by atoms with Crippen LogP contribution < -0.4 is 5.11 Å². The third kappa shape index (κ3) is 2.50.